The second-order valence-electron chi connectivity index (χ2n) is 8.40. The Kier molecular flexibility index (Phi) is 7.63. The largest absolute Gasteiger partial charge is 0.497 e. The number of nitrogens with one attached hydrogen (secondary N) is 2. The summed E-state index contributed by atoms with van der Waals surface area (Å²) in [6.45, 7) is 0. The Morgan fingerprint density at radius 1 is 0.923 bits per heavy atom. The van der Waals surface area contributed by atoms with Crippen LogP contribution in [0, 0.1) is 0 Å². The van der Waals surface area contributed by atoms with Crippen molar-refractivity contribution in [2.45, 2.75) is 0 Å². The average Bonchev–Trinajstić information content (AvgIpc) is 3.33. The predicted molar refractivity (Wildman–Crippen MR) is 153 cm³/mol. The van der Waals surface area contributed by atoms with Gasteiger partial charge >= 0.3 is 5.97 Å². The summed E-state index contributed by atoms with van der Waals surface area (Å²) < 4.78 is 10.9. The van der Waals surface area contributed by atoms with Crippen LogP contribution in [-0.2, 0) is 0 Å². The number of rotatable bonds is 7. The zero-order valence-corrected chi connectivity index (χ0v) is 22.1. The number of aromatic amines is 1. The lowest BCUT2D eigenvalue weighted by atomic mass is 10.0. The Hall–Kier alpha value is -4.59. The second kappa shape index (κ2) is 11.4. The van der Waals surface area contributed by atoms with E-state index in [9.17, 15) is 9.59 Å². The van der Waals surface area contributed by atoms with Crippen molar-refractivity contribution >= 4 is 52.2 Å². The molecule has 0 saturated heterocycles. The molecule has 2 N–H and O–H groups in total. The van der Waals surface area contributed by atoms with Crippen LogP contribution in [0.4, 0.5) is 0 Å². The van der Waals surface area contributed by atoms with Crippen molar-refractivity contribution in [3.05, 3.63) is 118 Å². The number of aromatic nitrogens is 1. The lowest BCUT2D eigenvalue weighted by Gasteiger charge is -2.08. The molecule has 0 spiro atoms. The molecule has 0 unspecified atom stereocenters. The van der Waals surface area contributed by atoms with Gasteiger partial charge in [0.25, 0.3) is 5.91 Å². The van der Waals surface area contributed by atoms with E-state index in [1.807, 2.05) is 48.5 Å². The number of amides is 1. The van der Waals surface area contributed by atoms with Gasteiger partial charge in [0.15, 0.2) is 0 Å². The molecule has 0 radical (unpaired) electrons. The highest BCUT2D eigenvalue weighted by Crippen LogP contribution is 2.34. The number of hydrogen-bond donors (Lipinski definition) is 2. The number of nitrogens with zero attached hydrogens (tertiary/aromatic N) is 1. The zero-order chi connectivity index (χ0) is 27.4. The first-order valence-corrected chi connectivity index (χ1v) is 12.5. The fraction of sp³-hybridized carbons (Fsp3) is 0.0333. The van der Waals surface area contributed by atoms with Crippen molar-refractivity contribution in [2.24, 2.45) is 5.10 Å². The molecule has 39 heavy (non-hydrogen) atoms. The molecule has 1 amide bonds. The molecule has 0 aliphatic rings. The van der Waals surface area contributed by atoms with Crippen LogP contribution >= 0.6 is 23.2 Å². The van der Waals surface area contributed by atoms with E-state index in [1.165, 1.54) is 18.3 Å². The van der Waals surface area contributed by atoms with Gasteiger partial charge in [0.2, 0.25) is 0 Å². The normalized spacial score (nSPS) is 11.1. The SMILES string of the molecule is COc1ccc2[nH]c(C(=O)NN=Cc3ccccc3OC(=O)c3ccc(Cl)cc3Cl)c(-c3ccccc3)c2c1. The van der Waals surface area contributed by atoms with Gasteiger partial charge in [0, 0.05) is 27.1 Å². The third-order valence-electron chi connectivity index (χ3n) is 5.94. The molecule has 5 rings (SSSR count). The highest BCUT2D eigenvalue weighted by atomic mass is 35.5. The molecule has 0 bridgehead atoms. The van der Waals surface area contributed by atoms with Gasteiger partial charge in [-0.05, 0) is 54.1 Å². The molecule has 194 valence electrons. The van der Waals surface area contributed by atoms with E-state index >= 15 is 0 Å². The minimum absolute atomic E-state index is 0.171. The molecule has 0 aliphatic carbocycles. The van der Waals surface area contributed by atoms with E-state index in [4.69, 9.17) is 32.7 Å². The summed E-state index contributed by atoms with van der Waals surface area (Å²) in [6, 6.07) is 26.4. The lowest BCUT2D eigenvalue weighted by Crippen LogP contribution is -2.19. The molecule has 1 heterocycles. The second-order valence-corrected chi connectivity index (χ2v) is 9.25. The van der Waals surface area contributed by atoms with Gasteiger partial charge in [-0.1, -0.05) is 65.7 Å². The van der Waals surface area contributed by atoms with Crippen molar-refractivity contribution < 1.29 is 19.1 Å². The maximum absolute atomic E-state index is 13.3. The summed E-state index contributed by atoms with van der Waals surface area (Å²) in [5, 5.41) is 5.55. The van der Waals surface area contributed by atoms with E-state index in [-0.39, 0.29) is 16.3 Å². The van der Waals surface area contributed by atoms with Gasteiger partial charge in [0.05, 0.1) is 23.9 Å². The van der Waals surface area contributed by atoms with Gasteiger partial charge in [-0.25, -0.2) is 10.2 Å². The summed E-state index contributed by atoms with van der Waals surface area (Å²) in [7, 11) is 1.59. The molecule has 0 saturated carbocycles. The highest BCUT2D eigenvalue weighted by molar-refractivity contribution is 6.36. The van der Waals surface area contributed by atoms with E-state index < -0.39 is 11.9 Å². The Morgan fingerprint density at radius 3 is 2.46 bits per heavy atom. The van der Waals surface area contributed by atoms with Crippen LogP contribution in [0.5, 0.6) is 11.5 Å². The summed E-state index contributed by atoms with van der Waals surface area (Å²) in [5.41, 5.74) is 5.93. The average molecular weight is 558 g/mol. The maximum atomic E-state index is 13.3. The van der Waals surface area contributed by atoms with Crippen molar-refractivity contribution in [3.8, 4) is 22.6 Å². The van der Waals surface area contributed by atoms with Crippen LogP contribution in [0.3, 0.4) is 0 Å². The third-order valence-corrected chi connectivity index (χ3v) is 6.49. The number of hydrazone groups is 1. The molecule has 0 fully saturated rings. The molecule has 4 aromatic carbocycles. The predicted octanol–water partition coefficient (Wildman–Crippen LogP) is 7.13. The number of hydrogen-bond acceptors (Lipinski definition) is 5. The molecular weight excluding hydrogens is 537 g/mol. The molecule has 9 heteroatoms. The maximum Gasteiger partial charge on any atom is 0.345 e. The van der Waals surface area contributed by atoms with Crippen LogP contribution in [0.2, 0.25) is 10.0 Å². The number of benzene rings is 4. The summed E-state index contributed by atoms with van der Waals surface area (Å²) in [5.74, 6) is -0.172. The van der Waals surface area contributed by atoms with Gasteiger partial charge in [-0.15, -0.1) is 0 Å². The van der Waals surface area contributed by atoms with Gasteiger partial charge in [-0.2, -0.15) is 5.10 Å². The number of methoxy groups -OCH3 is 1. The highest BCUT2D eigenvalue weighted by Gasteiger charge is 2.20. The molecular formula is C30H21Cl2N3O4. The Labute approximate surface area is 234 Å². The third kappa shape index (κ3) is 5.65. The van der Waals surface area contributed by atoms with Gasteiger partial charge < -0.3 is 14.5 Å². The molecule has 1 aromatic heterocycles. The first kappa shape index (κ1) is 26.0. The van der Waals surface area contributed by atoms with Crippen molar-refractivity contribution in [2.75, 3.05) is 7.11 Å². The summed E-state index contributed by atoms with van der Waals surface area (Å²) in [6.07, 6.45) is 1.40. The Bertz CT molecular complexity index is 1710. The number of carbonyl (C=O) groups is 2. The Balaban J connectivity index is 1.40. The fourth-order valence-electron chi connectivity index (χ4n) is 4.08. The Morgan fingerprint density at radius 2 is 1.69 bits per heavy atom. The lowest BCUT2D eigenvalue weighted by molar-refractivity contribution is 0.0734. The number of fused-ring (bicyclic) bond motifs is 1. The number of H-pyrrole nitrogens is 1. The van der Waals surface area contributed by atoms with Crippen LogP contribution in [-0.4, -0.2) is 30.2 Å². The van der Waals surface area contributed by atoms with Gasteiger partial charge in [-0.3, -0.25) is 4.79 Å². The quantitative estimate of drug-likeness (QED) is 0.0962. The first-order chi connectivity index (χ1) is 18.9. The minimum Gasteiger partial charge on any atom is -0.497 e. The monoisotopic (exact) mass is 557 g/mol. The fourth-order valence-corrected chi connectivity index (χ4v) is 4.56. The van der Waals surface area contributed by atoms with Crippen LogP contribution in [0.25, 0.3) is 22.0 Å². The first-order valence-electron chi connectivity index (χ1n) is 11.8. The standard InChI is InChI=1S/C30H21Cl2N3O4/c1-38-21-12-14-25-23(16-21)27(18-7-3-2-4-8-18)28(34-25)29(36)35-33-17-19-9-5-6-10-26(19)39-30(37)22-13-11-20(31)15-24(22)32/h2-17,34H,1H3,(H,35,36). The number of carbonyl (C=O) groups excluding carboxylic acids is 2. The molecule has 5 aromatic rings. The van der Waals surface area contributed by atoms with Crippen molar-refractivity contribution in [1.29, 1.82) is 0 Å². The summed E-state index contributed by atoms with van der Waals surface area (Å²) in [4.78, 5) is 29.2. The topological polar surface area (TPSA) is 92.8 Å². The number of halogens is 2. The number of ether oxygens (including phenoxy) is 2. The molecule has 7 nitrogen and oxygen atoms in total. The van der Waals surface area contributed by atoms with E-state index in [0.29, 0.717) is 22.0 Å². The van der Waals surface area contributed by atoms with Crippen LogP contribution in [0.15, 0.2) is 96.1 Å². The van der Waals surface area contributed by atoms with Crippen LogP contribution < -0.4 is 14.9 Å². The zero-order valence-electron chi connectivity index (χ0n) is 20.6. The minimum atomic E-state index is -0.650. The molecule has 0 aliphatic heterocycles. The van der Waals surface area contributed by atoms with Crippen molar-refractivity contribution in [3.63, 3.8) is 0 Å². The van der Waals surface area contributed by atoms with Gasteiger partial charge in [0.1, 0.15) is 17.2 Å². The van der Waals surface area contributed by atoms with Crippen molar-refractivity contribution in [1.82, 2.24) is 10.4 Å². The summed E-state index contributed by atoms with van der Waals surface area (Å²) >= 11 is 12.1. The van der Waals surface area contributed by atoms with Crippen LogP contribution in [0.1, 0.15) is 26.4 Å². The smallest absolute Gasteiger partial charge is 0.345 e. The van der Waals surface area contributed by atoms with E-state index in [2.05, 4.69) is 15.5 Å². The van der Waals surface area contributed by atoms with E-state index in [0.717, 1.165) is 22.0 Å². The molecule has 0 atom stereocenters. The number of esters is 1. The number of para-hydroxylation sites is 1. The van der Waals surface area contributed by atoms with E-state index in [1.54, 1.807) is 37.4 Å².